The third kappa shape index (κ3) is 5.70. The van der Waals surface area contributed by atoms with Crippen LogP contribution in [0.25, 0.3) is 6.08 Å². The molecule has 0 bridgehead atoms. The number of carbonyl (C=O) groups is 1. The number of ether oxygens (including phenoxy) is 1. The van der Waals surface area contributed by atoms with Gasteiger partial charge in [-0.3, -0.25) is 4.79 Å². The largest absolute Gasteiger partial charge is 0.495 e. The van der Waals surface area contributed by atoms with Gasteiger partial charge in [-0.2, -0.15) is 4.31 Å². The van der Waals surface area contributed by atoms with Gasteiger partial charge in [-0.15, -0.1) is 5.10 Å². The van der Waals surface area contributed by atoms with Gasteiger partial charge < -0.3 is 10.1 Å². The van der Waals surface area contributed by atoms with Crippen molar-refractivity contribution in [1.82, 2.24) is 19.3 Å². The van der Waals surface area contributed by atoms with Gasteiger partial charge in [0.15, 0.2) is 0 Å². The number of rotatable bonds is 8. The molecule has 2 heterocycles. The molecule has 0 unspecified atom stereocenters. The van der Waals surface area contributed by atoms with Crippen molar-refractivity contribution in [2.45, 2.75) is 30.7 Å². The molecule has 1 amide bonds. The SMILES string of the molecule is COc1ccc(S(=O)(=O)N2CCCCC2)cc1NC(=O)/C=C/c1cn(Cc2ccccc2)nn1. The number of methoxy groups -OCH3 is 1. The van der Waals surface area contributed by atoms with Crippen molar-refractivity contribution in [3.63, 3.8) is 0 Å². The maximum Gasteiger partial charge on any atom is 0.248 e. The van der Waals surface area contributed by atoms with E-state index < -0.39 is 15.9 Å². The molecule has 0 radical (unpaired) electrons. The van der Waals surface area contributed by atoms with Gasteiger partial charge >= 0.3 is 0 Å². The zero-order valence-corrected chi connectivity index (χ0v) is 19.7. The summed E-state index contributed by atoms with van der Waals surface area (Å²) in [6, 6.07) is 14.3. The molecular weight excluding hydrogens is 454 g/mol. The second-order valence-electron chi connectivity index (χ2n) is 7.98. The van der Waals surface area contributed by atoms with Crippen molar-refractivity contribution < 1.29 is 17.9 Å². The van der Waals surface area contributed by atoms with E-state index in [-0.39, 0.29) is 10.6 Å². The molecule has 0 aliphatic carbocycles. The van der Waals surface area contributed by atoms with Crippen LogP contribution in [0, 0.1) is 0 Å². The fourth-order valence-electron chi connectivity index (χ4n) is 3.77. The number of amides is 1. The van der Waals surface area contributed by atoms with Gasteiger partial charge in [-0.1, -0.05) is 42.0 Å². The lowest BCUT2D eigenvalue weighted by molar-refractivity contribution is -0.111. The van der Waals surface area contributed by atoms with Crippen LogP contribution < -0.4 is 10.1 Å². The van der Waals surface area contributed by atoms with E-state index in [1.807, 2.05) is 30.3 Å². The first-order valence-corrected chi connectivity index (χ1v) is 12.5. The minimum absolute atomic E-state index is 0.123. The first kappa shape index (κ1) is 23.7. The van der Waals surface area contributed by atoms with Crippen molar-refractivity contribution in [2.24, 2.45) is 0 Å². The molecule has 1 fully saturated rings. The van der Waals surface area contributed by atoms with Gasteiger partial charge in [0.25, 0.3) is 0 Å². The van der Waals surface area contributed by atoms with Crippen LogP contribution >= 0.6 is 0 Å². The molecule has 34 heavy (non-hydrogen) atoms. The predicted molar refractivity (Wildman–Crippen MR) is 129 cm³/mol. The topological polar surface area (TPSA) is 106 Å². The Kier molecular flexibility index (Phi) is 7.39. The summed E-state index contributed by atoms with van der Waals surface area (Å²) in [5.74, 6) is -0.0726. The highest BCUT2D eigenvalue weighted by Crippen LogP contribution is 2.30. The fraction of sp³-hybridized carbons (Fsp3) is 0.292. The summed E-state index contributed by atoms with van der Waals surface area (Å²) in [4.78, 5) is 12.7. The Hall–Kier alpha value is -3.50. The summed E-state index contributed by atoms with van der Waals surface area (Å²) >= 11 is 0. The van der Waals surface area contributed by atoms with E-state index in [2.05, 4.69) is 15.6 Å². The van der Waals surface area contributed by atoms with Crippen LogP contribution in [-0.4, -0.2) is 53.8 Å². The normalized spacial score (nSPS) is 14.9. The van der Waals surface area contributed by atoms with Crippen LogP contribution in [-0.2, 0) is 21.4 Å². The molecule has 1 aromatic heterocycles. The number of nitrogens with one attached hydrogen (secondary N) is 1. The zero-order valence-electron chi connectivity index (χ0n) is 18.9. The number of nitrogens with zero attached hydrogens (tertiary/aromatic N) is 4. The Balaban J connectivity index is 1.45. The Morgan fingerprint density at radius 3 is 2.62 bits per heavy atom. The fourth-order valence-corrected chi connectivity index (χ4v) is 5.32. The van der Waals surface area contributed by atoms with Crippen LogP contribution in [0.4, 0.5) is 5.69 Å². The molecule has 9 nitrogen and oxygen atoms in total. The van der Waals surface area contributed by atoms with Crippen molar-refractivity contribution in [3.8, 4) is 5.75 Å². The van der Waals surface area contributed by atoms with Crippen molar-refractivity contribution >= 4 is 27.7 Å². The summed E-state index contributed by atoms with van der Waals surface area (Å²) in [5, 5.41) is 10.8. The first-order chi connectivity index (χ1) is 16.5. The van der Waals surface area contributed by atoms with Gasteiger partial charge in [0, 0.05) is 19.2 Å². The number of benzene rings is 2. The second-order valence-corrected chi connectivity index (χ2v) is 9.91. The lowest BCUT2D eigenvalue weighted by Crippen LogP contribution is -2.35. The standard InChI is InChI=1S/C24H27N5O4S/c1-33-23-12-11-21(34(31,32)29-14-6-3-7-15-29)16-22(23)25-24(30)13-10-20-18-28(27-26-20)17-19-8-4-2-5-9-19/h2,4-5,8-13,16,18H,3,6-7,14-15,17H2,1H3,(H,25,30)/b13-10+. The van der Waals surface area contributed by atoms with E-state index in [0.717, 1.165) is 24.8 Å². The van der Waals surface area contributed by atoms with Crippen LogP contribution in [0.15, 0.2) is 65.7 Å². The van der Waals surface area contributed by atoms with E-state index in [4.69, 9.17) is 4.74 Å². The Labute approximate surface area is 199 Å². The van der Waals surface area contributed by atoms with Crippen LogP contribution in [0.1, 0.15) is 30.5 Å². The second kappa shape index (κ2) is 10.6. The van der Waals surface area contributed by atoms with E-state index in [1.165, 1.54) is 29.6 Å². The minimum Gasteiger partial charge on any atom is -0.495 e. The van der Waals surface area contributed by atoms with Gasteiger partial charge in [-0.05, 0) is 42.7 Å². The monoisotopic (exact) mass is 481 g/mol. The zero-order chi connectivity index (χ0) is 24.0. The first-order valence-electron chi connectivity index (χ1n) is 11.1. The third-order valence-corrected chi connectivity index (χ3v) is 7.43. The molecule has 178 valence electrons. The van der Waals surface area contributed by atoms with E-state index in [0.29, 0.717) is 31.1 Å². The van der Waals surface area contributed by atoms with Gasteiger partial charge in [0.05, 0.1) is 30.4 Å². The van der Waals surface area contributed by atoms with Crippen LogP contribution in [0.5, 0.6) is 5.75 Å². The molecule has 0 spiro atoms. The lowest BCUT2D eigenvalue weighted by atomic mass is 10.2. The number of aromatic nitrogens is 3. The number of sulfonamides is 1. The smallest absolute Gasteiger partial charge is 0.248 e. The average molecular weight is 482 g/mol. The summed E-state index contributed by atoms with van der Waals surface area (Å²) < 4.78 is 34.5. The van der Waals surface area contributed by atoms with E-state index in [9.17, 15) is 13.2 Å². The molecule has 1 aliphatic rings. The molecule has 2 aromatic carbocycles. The molecule has 4 rings (SSSR count). The van der Waals surface area contributed by atoms with Gasteiger partial charge in [-0.25, -0.2) is 13.1 Å². The van der Waals surface area contributed by atoms with Crippen molar-refractivity contribution in [3.05, 3.63) is 72.1 Å². The number of hydrogen-bond acceptors (Lipinski definition) is 6. The highest BCUT2D eigenvalue weighted by molar-refractivity contribution is 7.89. The molecule has 1 aliphatic heterocycles. The summed E-state index contributed by atoms with van der Waals surface area (Å²) in [7, 11) is -2.17. The molecule has 0 atom stereocenters. The predicted octanol–water partition coefficient (Wildman–Crippen LogP) is 3.16. The van der Waals surface area contributed by atoms with Crippen LogP contribution in [0.3, 0.4) is 0 Å². The third-order valence-electron chi connectivity index (χ3n) is 5.53. The molecule has 10 heteroatoms. The maximum atomic E-state index is 13.0. The van der Waals surface area contributed by atoms with Crippen molar-refractivity contribution in [2.75, 3.05) is 25.5 Å². The van der Waals surface area contributed by atoms with Crippen LogP contribution in [0.2, 0.25) is 0 Å². The van der Waals surface area contributed by atoms with Gasteiger partial charge in [0.2, 0.25) is 15.9 Å². The molecular formula is C24H27N5O4S. The summed E-state index contributed by atoms with van der Waals surface area (Å²) in [6.07, 6.45) is 7.33. The molecule has 1 saturated heterocycles. The summed E-state index contributed by atoms with van der Waals surface area (Å²) in [5.41, 5.74) is 1.90. The summed E-state index contributed by atoms with van der Waals surface area (Å²) in [6.45, 7) is 1.58. The number of carbonyl (C=O) groups excluding carboxylic acids is 1. The Morgan fingerprint density at radius 2 is 1.88 bits per heavy atom. The Bertz CT molecular complexity index is 1270. The molecule has 1 N–H and O–H groups in total. The number of hydrogen-bond donors (Lipinski definition) is 1. The lowest BCUT2D eigenvalue weighted by Gasteiger charge is -2.26. The maximum absolute atomic E-state index is 13.0. The van der Waals surface area contributed by atoms with Gasteiger partial charge in [0.1, 0.15) is 11.4 Å². The highest BCUT2D eigenvalue weighted by Gasteiger charge is 2.26. The van der Waals surface area contributed by atoms with E-state index >= 15 is 0 Å². The van der Waals surface area contributed by atoms with E-state index in [1.54, 1.807) is 23.0 Å². The number of anilines is 1. The average Bonchev–Trinajstić information content (AvgIpc) is 3.31. The highest BCUT2D eigenvalue weighted by atomic mass is 32.2. The number of piperidine rings is 1. The quantitative estimate of drug-likeness (QED) is 0.496. The molecule has 0 saturated carbocycles. The Morgan fingerprint density at radius 1 is 1.12 bits per heavy atom. The molecule has 3 aromatic rings. The van der Waals surface area contributed by atoms with Crippen molar-refractivity contribution in [1.29, 1.82) is 0 Å². The minimum atomic E-state index is -3.64.